The SMILES string of the molecule is CCC1CCC2(CN1)CS(=O)(=O)C2. The van der Waals surface area contributed by atoms with E-state index >= 15 is 0 Å². The molecule has 2 saturated heterocycles. The molecule has 1 atom stereocenters. The third-order valence-electron chi connectivity index (χ3n) is 3.33. The minimum atomic E-state index is -2.65. The molecule has 2 aliphatic rings. The van der Waals surface area contributed by atoms with E-state index in [1.807, 2.05) is 0 Å². The van der Waals surface area contributed by atoms with Gasteiger partial charge in [0, 0.05) is 18.0 Å². The molecule has 2 heterocycles. The second kappa shape index (κ2) is 2.95. The van der Waals surface area contributed by atoms with E-state index in [-0.39, 0.29) is 5.41 Å². The van der Waals surface area contributed by atoms with Gasteiger partial charge >= 0.3 is 0 Å². The maximum atomic E-state index is 11.1. The molecule has 4 heteroatoms. The lowest BCUT2D eigenvalue weighted by Gasteiger charge is -2.46. The van der Waals surface area contributed by atoms with Crippen molar-refractivity contribution in [1.82, 2.24) is 5.32 Å². The lowest BCUT2D eigenvalue weighted by Crippen LogP contribution is -2.58. The van der Waals surface area contributed by atoms with Gasteiger partial charge in [0.15, 0.2) is 9.84 Å². The van der Waals surface area contributed by atoms with Gasteiger partial charge < -0.3 is 5.32 Å². The predicted octanol–water partition coefficient (Wildman–Crippen LogP) is 0.563. The van der Waals surface area contributed by atoms with Crippen molar-refractivity contribution >= 4 is 9.84 Å². The average molecular weight is 203 g/mol. The molecule has 2 fully saturated rings. The number of piperidine rings is 1. The van der Waals surface area contributed by atoms with Crippen molar-refractivity contribution in [2.45, 2.75) is 32.2 Å². The summed E-state index contributed by atoms with van der Waals surface area (Å²) in [4.78, 5) is 0. The van der Waals surface area contributed by atoms with Crippen molar-refractivity contribution in [3.05, 3.63) is 0 Å². The molecule has 0 bridgehead atoms. The van der Waals surface area contributed by atoms with Crippen molar-refractivity contribution in [3.8, 4) is 0 Å². The van der Waals surface area contributed by atoms with Crippen LogP contribution in [0.5, 0.6) is 0 Å². The summed E-state index contributed by atoms with van der Waals surface area (Å²) in [6, 6.07) is 0.619. The van der Waals surface area contributed by atoms with Gasteiger partial charge in [0.05, 0.1) is 11.5 Å². The molecule has 1 spiro atoms. The molecule has 2 rings (SSSR count). The number of hydrogen-bond donors (Lipinski definition) is 1. The van der Waals surface area contributed by atoms with E-state index in [4.69, 9.17) is 0 Å². The van der Waals surface area contributed by atoms with E-state index in [1.54, 1.807) is 0 Å². The van der Waals surface area contributed by atoms with Crippen molar-refractivity contribution < 1.29 is 8.42 Å². The fraction of sp³-hybridized carbons (Fsp3) is 1.00. The average Bonchev–Trinajstić information content (AvgIpc) is 2.02. The summed E-state index contributed by atoms with van der Waals surface area (Å²) in [6.07, 6.45) is 3.40. The highest BCUT2D eigenvalue weighted by atomic mass is 32.2. The summed E-state index contributed by atoms with van der Waals surface area (Å²) in [6.45, 7) is 3.08. The first-order valence-corrected chi connectivity index (χ1v) is 6.81. The van der Waals surface area contributed by atoms with Gasteiger partial charge in [-0.2, -0.15) is 0 Å². The van der Waals surface area contributed by atoms with Crippen molar-refractivity contribution in [2.75, 3.05) is 18.1 Å². The first-order valence-electron chi connectivity index (χ1n) is 4.99. The lowest BCUT2D eigenvalue weighted by atomic mass is 9.81. The minimum Gasteiger partial charge on any atom is -0.313 e. The van der Waals surface area contributed by atoms with Crippen LogP contribution in [0.25, 0.3) is 0 Å². The Bertz CT molecular complexity index is 275. The molecule has 1 N–H and O–H groups in total. The fourth-order valence-corrected chi connectivity index (χ4v) is 4.79. The number of hydrogen-bond acceptors (Lipinski definition) is 3. The van der Waals surface area contributed by atoms with Gasteiger partial charge in [0.2, 0.25) is 0 Å². The Kier molecular flexibility index (Phi) is 2.15. The van der Waals surface area contributed by atoms with Gasteiger partial charge in [-0.1, -0.05) is 6.92 Å². The Morgan fingerprint density at radius 3 is 2.54 bits per heavy atom. The van der Waals surface area contributed by atoms with Crippen LogP contribution in [-0.2, 0) is 9.84 Å². The summed E-state index contributed by atoms with van der Waals surface area (Å²) in [7, 11) is -2.65. The maximum absolute atomic E-state index is 11.1. The molecule has 0 aromatic rings. The van der Waals surface area contributed by atoms with E-state index in [9.17, 15) is 8.42 Å². The Hall–Kier alpha value is -0.0900. The quantitative estimate of drug-likeness (QED) is 0.677. The van der Waals surface area contributed by atoms with Gasteiger partial charge in [0.25, 0.3) is 0 Å². The molecule has 0 radical (unpaired) electrons. The van der Waals surface area contributed by atoms with Gasteiger partial charge in [0.1, 0.15) is 0 Å². The van der Waals surface area contributed by atoms with Crippen molar-refractivity contribution in [1.29, 1.82) is 0 Å². The lowest BCUT2D eigenvalue weighted by molar-refractivity contribution is 0.206. The predicted molar refractivity (Wildman–Crippen MR) is 52.4 cm³/mol. The highest BCUT2D eigenvalue weighted by Crippen LogP contribution is 2.39. The van der Waals surface area contributed by atoms with Gasteiger partial charge in [-0.3, -0.25) is 0 Å². The Balaban J connectivity index is 1.93. The third kappa shape index (κ3) is 1.74. The normalized spacial score (nSPS) is 35.6. The first-order chi connectivity index (χ1) is 6.05. The van der Waals surface area contributed by atoms with Crippen LogP contribution in [0.15, 0.2) is 0 Å². The summed E-state index contributed by atoms with van der Waals surface area (Å²) < 4.78 is 22.2. The van der Waals surface area contributed by atoms with E-state index in [0.29, 0.717) is 17.5 Å². The zero-order valence-electron chi connectivity index (χ0n) is 8.04. The molecular formula is C9H17NO2S. The molecule has 0 aromatic carbocycles. The van der Waals surface area contributed by atoms with Crippen molar-refractivity contribution in [3.63, 3.8) is 0 Å². The third-order valence-corrected chi connectivity index (χ3v) is 5.44. The summed E-state index contributed by atoms with van der Waals surface area (Å²) >= 11 is 0. The number of sulfone groups is 1. The number of rotatable bonds is 1. The van der Waals surface area contributed by atoms with Gasteiger partial charge in [-0.15, -0.1) is 0 Å². The standard InChI is InChI=1S/C9H17NO2S/c1-2-8-3-4-9(5-10-8)6-13(11,12)7-9/h8,10H,2-7H2,1H3. The molecular weight excluding hydrogens is 186 g/mol. The van der Waals surface area contributed by atoms with E-state index in [2.05, 4.69) is 12.2 Å². The monoisotopic (exact) mass is 203 g/mol. The molecule has 13 heavy (non-hydrogen) atoms. The zero-order valence-corrected chi connectivity index (χ0v) is 8.86. The Morgan fingerprint density at radius 2 is 2.15 bits per heavy atom. The molecule has 1 unspecified atom stereocenters. The van der Waals surface area contributed by atoms with E-state index < -0.39 is 9.84 Å². The molecule has 0 amide bonds. The Morgan fingerprint density at radius 1 is 1.46 bits per heavy atom. The highest BCUT2D eigenvalue weighted by Gasteiger charge is 2.49. The maximum Gasteiger partial charge on any atom is 0.151 e. The van der Waals surface area contributed by atoms with Gasteiger partial charge in [-0.05, 0) is 19.3 Å². The summed E-state index contributed by atoms with van der Waals surface area (Å²) in [5, 5.41) is 3.43. The van der Waals surface area contributed by atoms with E-state index in [1.165, 1.54) is 0 Å². The summed E-state index contributed by atoms with van der Waals surface area (Å²) in [5.41, 5.74) is 0.116. The second-order valence-corrected chi connectivity index (χ2v) is 6.62. The van der Waals surface area contributed by atoms with Crippen molar-refractivity contribution in [2.24, 2.45) is 5.41 Å². The van der Waals surface area contributed by atoms with Crippen LogP contribution in [0.2, 0.25) is 0 Å². The molecule has 0 aromatic heterocycles. The second-order valence-electron chi connectivity index (χ2n) is 4.56. The molecule has 0 saturated carbocycles. The highest BCUT2D eigenvalue weighted by molar-refractivity contribution is 7.92. The summed E-state index contributed by atoms with van der Waals surface area (Å²) in [5.74, 6) is 0.840. The van der Waals surface area contributed by atoms with Crippen LogP contribution >= 0.6 is 0 Å². The largest absolute Gasteiger partial charge is 0.313 e. The molecule has 2 aliphatic heterocycles. The fourth-order valence-electron chi connectivity index (χ4n) is 2.52. The van der Waals surface area contributed by atoms with Crippen LogP contribution < -0.4 is 5.32 Å². The van der Waals surface area contributed by atoms with E-state index in [0.717, 1.165) is 25.8 Å². The smallest absolute Gasteiger partial charge is 0.151 e. The van der Waals surface area contributed by atoms with Crippen LogP contribution in [-0.4, -0.2) is 32.5 Å². The number of nitrogens with one attached hydrogen (secondary N) is 1. The molecule has 3 nitrogen and oxygen atoms in total. The first kappa shape index (κ1) is 9.46. The van der Waals surface area contributed by atoms with Gasteiger partial charge in [-0.25, -0.2) is 8.42 Å². The topological polar surface area (TPSA) is 46.2 Å². The van der Waals surface area contributed by atoms with Crippen LogP contribution in [0.4, 0.5) is 0 Å². The molecule has 0 aliphatic carbocycles. The molecule has 76 valence electrons. The van der Waals surface area contributed by atoms with Crippen LogP contribution in [0.3, 0.4) is 0 Å². The van der Waals surface area contributed by atoms with Crippen LogP contribution in [0, 0.1) is 5.41 Å². The minimum absolute atomic E-state index is 0.116. The Labute approximate surface area is 79.8 Å². The van der Waals surface area contributed by atoms with Crippen LogP contribution in [0.1, 0.15) is 26.2 Å². The zero-order chi connectivity index (χ0) is 9.53.